The molecule has 1 fully saturated rings. The lowest BCUT2D eigenvalue weighted by Crippen LogP contribution is -2.27. The van der Waals surface area contributed by atoms with E-state index in [1.165, 1.54) is 34.3 Å². The summed E-state index contributed by atoms with van der Waals surface area (Å²) in [7, 11) is 0. The number of carbonyl (C=O) groups excluding carboxylic acids is 1. The Morgan fingerprint density at radius 2 is 2.08 bits per heavy atom. The smallest absolute Gasteiger partial charge is 0.266 e. The zero-order valence-electron chi connectivity index (χ0n) is 14.1. The van der Waals surface area contributed by atoms with Crippen molar-refractivity contribution in [3.63, 3.8) is 0 Å². The van der Waals surface area contributed by atoms with Crippen molar-refractivity contribution < 1.29 is 4.79 Å². The van der Waals surface area contributed by atoms with E-state index >= 15 is 0 Å². The van der Waals surface area contributed by atoms with Crippen LogP contribution in [0.4, 0.5) is 5.69 Å². The highest BCUT2D eigenvalue weighted by Gasteiger charge is 2.44. The summed E-state index contributed by atoms with van der Waals surface area (Å²) >= 11 is 6.76. The zero-order valence-corrected chi connectivity index (χ0v) is 15.8. The third kappa shape index (κ3) is 2.11. The molecule has 0 bridgehead atoms. The van der Waals surface area contributed by atoms with Crippen molar-refractivity contribution in [2.75, 3.05) is 18.0 Å². The number of hydrogen-bond donors (Lipinski definition) is 0. The summed E-state index contributed by atoms with van der Waals surface area (Å²) < 4.78 is 0.670. The van der Waals surface area contributed by atoms with Crippen molar-refractivity contribution in [3.8, 4) is 0 Å². The van der Waals surface area contributed by atoms with Crippen LogP contribution in [0.15, 0.2) is 46.5 Å². The number of carbonyl (C=O) groups is 1. The molecule has 4 rings (SSSR count). The SMILES string of the molecule is CCN1C(=O)C(=CC2=C3N(CC2)c2ccccc2C3(C)C)SC1=S. The van der Waals surface area contributed by atoms with E-state index in [9.17, 15) is 4.79 Å². The lowest BCUT2D eigenvalue weighted by molar-refractivity contribution is -0.122. The van der Waals surface area contributed by atoms with Gasteiger partial charge < -0.3 is 4.90 Å². The van der Waals surface area contributed by atoms with E-state index in [1.807, 2.05) is 6.92 Å². The summed E-state index contributed by atoms with van der Waals surface area (Å²) in [6.45, 7) is 8.13. The van der Waals surface area contributed by atoms with Gasteiger partial charge in [0.2, 0.25) is 0 Å². The number of rotatable bonds is 2. The van der Waals surface area contributed by atoms with Gasteiger partial charge in [-0.1, -0.05) is 56.0 Å². The Morgan fingerprint density at radius 1 is 1.33 bits per heavy atom. The second kappa shape index (κ2) is 5.46. The summed E-state index contributed by atoms with van der Waals surface area (Å²) in [6, 6.07) is 8.62. The molecule has 5 heteroatoms. The fourth-order valence-electron chi connectivity index (χ4n) is 4.05. The van der Waals surface area contributed by atoms with E-state index in [4.69, 9.17) is 12.2 Å². The van der Waals surface area contributed by atoms with Gasteiger partial charge in [-0.2, -0.15) is 0 Å². The van der Waals surface area contributed by atoms with E-state index in [2.05, 4.69) is 49.1 Å². The molecule has 0 saturated carbocycles. The fraction of sp³-hybridized carbons (Fsp3) is 0.368. The minimum atomic E-state index is -0.0310. The van der Waals surface area contributed by atoms with Crippen LogP contribution in [0.25, 0.3) is 0 Å². The van der Waals surface area contributed by atoms with Crippen LogP contribution >= 0.6 is 24.0 Å². The second-order valence-electron chi connectivity index (χ2n) is 6.84. The molecule has 124 valence electrons. The van der Waals surface area contributed by atoms with Crippen LogP contribution in [0.5, 0.6) is 0 Å². The Bertz CT molecular complexity index is 822. The van der Waals surface area contributed by atoms with Crippen LogP contribution < -0.4 is 4.90 Å². The van der Waals surface area contributed by atoms with Crippen LogP contribution in [0.3, 0.4) is 0 Å². The van der Waals surface area contributed by atoms with Gasteiger partial charge >= 0.3 is 0 Å². The molecule has 0 aromatic heterocycles. The number of anilines is 1. The van der Waals surface area contributed by atoms with Gasteiger partial charge in [0.25, 0.3) is 5.91 Å². The van der Waals surface area contributed by atoms with Crippen molar-refractivity contribution in [1.29, 1.82) is 0 Å². The van der Waals surface area contributed by atoms with Gasteiger partial charge in [0, 0.05) is 29.9 Å². The number of benzene rings is 1. The highest BCUT2D eigenvalue weighted by molar-refractivity contribution is 8.26. The van der Waals surface area contributed by atoms with Gasteiger partial charge in [0.05, 0.1) is 4.91 Å². The summed E-state index contributed by atoms with van der Waals surface area (Å²) in [4.78, 5) is 17.4. The molecule has 0 spiro atoms. The van der Waals surface area contributed by atoms with Crippen molar-refractivity contribution in [2.45, 2.75) is 32.6 Å². The molecule has 0 atom stereocenters. The maximum atomic E-state index is 12.5. The van der Waals surface area contributed by atoms with Gasteiger partial charge in [-0.05, 0) is 36.6 Å². The highest BCUT2D eigenvalue weighted by Crippen LogP contribution is 2.52. The quantitative estimate of drug-likeness (QED) is 0.585. The Labute approximate surface area is 152 Å². The maximum Gasteiger partial charge on any atom is 0.266 e. The Morgan fingerprint density at radius 3 is 2.79 bits per heavy atom. The number of hydrogen-bond acceptors (Lipinski definition) is 4. The predicted molar refractivity (Wildman–Crippen MR) is 104 cm³/mol. The standard InChI is InChI=1S/C19H20N2OS2/c1-4-20-17(22)15(24-18(20)23)11-12-9-10-21-14-8-6-5-7-13(14)19(2,3)16(12)21/h5-8,11H,4,9-10H2,1-3H3. The Kier molecular flexibility index (Phi) is 3.62. The summed E-state index contributed by atoms with van der Waals surface area (Å²) in [5.41, 5.74) is 5.25. The largest absolute Gasteiger partial charge is 0.343 e. The molecule has 0 unspecified atom stereocenters. The Hall–Kier alpha value is -1.59. The fourth-order valence-corrected chi connectivity index (χ4v) is 5.44. The molecule has 3 aliphatic heterocycles. The van der Waals surface area contributed by atoms with Gasteiger partial charge in [0.1, 0.15) is 4.32 Å². The van der Waals surface area contributed by atoms with E-state index in [0.29, 0.717) is 10.9 Å². The van der Waals surface area contributed by atoms with Crippen molar-refractivity contribution in [1.82, 2.24) is 4.90 Å². The number of allylic oxidation sites excluding steroid dienone is 2. The first-order chi connectivity index (χ1) is 11.4. The van der Waals surface area contributed by atoms with E-state index in [-0.39, 0.29) is 11.3 Å². The predicted octanol–water partition coefficient (Wildman–Crippen LogP) is 4.21. The number of likely N-dealkylation sites (N-methyl/N-ethyl adjacent to an activating group) is 1. The van der Waals surface area contributed by atoms with Crippen molar-refractivity contribution in [3.05, 3.63) is 52.1 Å². The van der Waals surface area contributed by atoms with E-state index in [1.54, 1.807) is 4.90 Å². The summed E-state index contributed by atoms with van der Waals surface area (Å²) in [5, 5.41) is 0. The number of thioether (sulfide) groups is 1. The number of fused-ring (bicyclic) bond motifs is 3. The highest BCUT2D eigenvalue weighted by atomic mass is 32.2. The molecule has 1 aromatic carbocycles. The van der Waals surface area contributed by atoms with Crippen LogP contribution in [-0.2, 0) is 10.2 Å². The lowest BCUT2D eigenvalue weighted by Gasteiger charge is -2.23. The van der Waals surface area contributed by atoms with Crippen LogP contribution in [0.2, 0.25) is 0 Å². The van der Waals surface area contributed by atoms with Crippen molar-refractivity contribution >= 4 is 39.9 Å². The molecule has 0 radical (unpaired) electrons. The van der Waals surface area contributed by atoms with E-state index < -0.39 is 0 Å². The van der Waals surface area contributed by atoms with Crippen LogP contribution in [-0.4, -0.2) is 28.2 Å². The zero-order chi connectivity index (χ0) is 17.1. The lowest BCUT2D eigenvalue weighted by atomic mass is 9.82. The third-order valence-corrected chi connectivity index (χ3v) is 6.51. The molecular formula is C19H20N2OS2. The topological polar surface area (TPSA) is 23.6 Å². The first-order valence-corrected chi connectivity index (χ1v) is 9.53. The summed E-state index contributed by atoms with van der Waals surface area (Å²) in [6.07, 6.45) is 3.06. The molecule has 1 amide bonds. The molecule has 1 saturated heterocycles. The molecule has 24 heavy (non-hydrogen) atoms. The average molecular weight is 357 g/mol. The van der Waals surface area contributed by atoms with Gasteiger partial charge in [-0.3, -0.25) is 9.69 Å². The molecule has 3 heterocycles. The average Bonchev–Trinajstić information content (AvgIpc) is 3.16. The number of para-hydroxylation sites is 1. The second-order valence-corrected chi connectivity index (χ2v) is 8.52. The van der Waals surface area contributed by atoms with Gasteiger partial charge in [0.15, 0.2) is 0 Å². The first kappa shape index (κ1) is 15.9. The van der Waals surface area contributed by atoms with Crippen LogP contribution in [0, 0.1) is 0 Å². The molecule has 0 N–H and O–H groups in total. The monoisotopic (exact) mass is 356 g/mol. The minimum Gasteiger partial charge on any atom is -0.343 e. The first-order valence-electron chi connectivity index (χ1n) is 8.31. The molecule has 1 aromatic rings. The molecular weight excluding hydrogens is 336 g/mol. The molecule has 3 aliphatic rings. The van der Waals surface area contributed by atoms with Gasteiger partial charge in [-0.15, -0.1) is 0 Å². The molecule has 3 nitrogen and oxygen atoms in total. The number of thiocarbonyl (C=S) groups is 1. The Balaban J connectivity index is 1.79. The van der Waals surface area contributed by atoms with Gasteiger partial charge in [-0.25, -0.2) is 0 Å². The maximum absolute atomic E-state index is 12.5. The molecule has 0 aliphatic carbocycles. The van der Waals surface area contributed by atoms with Crippen molar-refractivity contribution in [2.24, 2.45) is 0 Å². The third-order valence-electron chi connectivity index (χ3n) is 5.13. The number of nitrogens with zero attached hydrogens (tertiary/aromatic N) is 2. The summed E-state index contributed by atoms with van der Waals surface area (Å²) in [5.74, 6) is 0.0485. The van der Waals surface area contributed by atoms with Crippen LogP contribution in [0.1, 0.15) is 32.8 Å². The van der Waals surface area contributed by atoms with E-state index in [0.717, 1.165) is 17.9 Å². The minimum absolute atomic E-state index is 0.0310. The normalized spacial score (nSPS) is 23.5. The number of amides is 1.